The zero-order chi connectivity index (χ0) is 19.5. The molecule has 1 amide bonds. The first-order chi connectivity index (χ1) is 12.1. The molecule has 0 aromatic heterocycles. The molecule has 2 rings (SSSR count). The van der Waals surface area contributed by atoms with E-state index in [1.54, 1.807) is 6.07 Å². The lowest BCUT2D eigenvalue weighted by molar-refractivity contribution is 0.0939. The van der Waals surface area contributed by atoms with Crippen molar-refractivity contribution in [2.75, 3.05) is 4.72 Å². The standard InChI is InChI=1S/C19H23ClN2O3S/c1-5-14(4)21-19(23)15-8-9-16(20)18(11-15)26(24,25)22-17-10-12(2)6-7-13(17)3/h6-11,14,22H,5H2,1-4H3,(H,21,23)/t14-/m1/s1. The van der Waals surface area contributed by atoms with Gasteiger partial charge in [0, 0.05) is 11.6 Å². The van der Waals surface area contributed by atoms with Crippen LogP contribution in [0.15, 0.2) is 41.3 Å². The minimum absolute atomic E-state index is 0.00805. The number of aryl methyl sites for hydroxylation is 2. The second-order valence-corrected chi connectivity index (χ2v) is 8.41. The Kier molecular flexibility index (Phi) is 6.31. The third kappa shape index (κ3) is 4.77. The molecular formula is C19H23ClN2O3S. The summed E-state index contributed by atoms with van der Waals surface area (Å²) in [7, 11) is -3.94. The molecule has 0 aliphatic rings. The molecule has 0 fully saturated rings. The Labute approximate surface area is 159 Å². The number of amides is 1. The van der Waals surface area contributed by atoms with Crippen molar-refractivity contribution < 1.29 is 13.2 Å². The molecule has 0 aliphatic carbocycles. The number of rotatable bonds is 6. The number of sulfonamides is 1. The van der Waals surface area contributed by atoms with Gasteiger partial charge < -0.3 is 5.32 Å². The van der Waals surface area contributed by atoms with Crippen LogP contribution in [0.5, 0.6) is 0 Å². The molecule has 0 saturated heterocycles. The number of halogens is 1. The molecule has 2 N–H and O–H groups in total. The van der Waals surface area contributed by atoms with Gasteiger partial charge in [-0.15, -0.1) is 0 Å². The van der Waals surface area contributed by atoms with E-state index in [1.165, 1.54) is 18.2 Å². The van der Waals surface area contributed by atoms with Gasteiger partial charge in [0.05, 0.1) is 10.7 Å². The number of hydrogen-bond donors (Lipinski definition) is 2. The maximum Gasteiger partial charge on any atom is 0.263 e. The molecule has 140 valence electrons. The Morgan fingerprint density at radius 2 is 1.85 bits per heavy atom. The highest BCUT2D eigenvalue weighted by molar-refractivity contribution is 7.92. The van der Waals surface area contributed by atoms with E-state index in [1.807, 2.05) is 39.8 Å². The molecule has 0 radical (unpaired) electrons. The predicted octanol–water partition coefficient (Wildman–Crippen LogP) is 4.29. The number of hydrogen-bond acceptors (Lipinski definition) is 3. The Morgan fingerprint density at radius 1 is 1.15 bits per heavy atom. The first-order valence-electron chi connectivity index (χ1n) is 8.34. The number of anilines is 1. The minimum Gasteiger partial charge on any atom is -0.350 e. The lowest BCUT2D eigenvalue weighted by Gasteiger charge is -2.14. The summed E-state index contributed by atoms with van der Waals surface area (Å²) in [5.41, 5.74) is 2.45. The second-order valence-electron chi connectivity index (χ2n) is 6.35. The molecular weight excluding hydrogens is 372 g/mol. The summed E-state index contributed by atoms with van der Waals surface area (Å²) in [6.45, 7) is 7.53. The van der Waals surface area contributed by atoms with Crippen LogP contribution in [0.2, 0.25) is 5.02 Å². The van der Waals surface area contributed by atoms with Crippen molar-refractivity contribution in [3.8, 4) is 0 Å². The molecule has 26 heavy (non-hydrogen) atoms. The van der Waals surface area contributed by atoms with Crippen LogP contribution in [0.1, 0.15) is 41.8 Å². The molecule has 0 heterocycles. The molecule has 1 atom stereocenters. The molecule has 5 nitrogen and oxygen atoms in total. The fourth-order valence-corrected chi connectivity index (χ4v) is 3.95. The summed E-state index contributed by atoms with van der Waals surface area (Å²) in [4.78, 5) is 12.2. The quantitative estimate of drug-likeness (QED) is 0.767. The summed E-state index contributed by atoms with van der Waals surface area (Å²) in [5, 5.41) is 2.87. The largest absolute Gasteiger partial charge is 0.350 e. The number of benzene rings is 2. The third-order valence-electron chi connectivity index (χ3n) is 4.11. The highest BCUT2D eigenvalue weighted by Gasteiger charge is 2.21. The van der Waals surface area contributed by atoms with Crippen molar-refractivity contribution in [3.63, 3.8) is 0 Å². The summed E-state index contributed by atoms with van der Waals surface area (Å²) in [6.07, 6.45) is 0.776. The van der Waals surface area contributed by atoms with Gasteiger partial charge in [-0.3, -0.25) is 9.52 Å². The van der Waals surface area contributed by atoms with Crippen LogP contribution < -0.4 is 10.0 Å². The van der Waals surface area contributed by atoms with Gasteiger partial charge in [-0.25, -0.2) is 8.42 Å². The Bertz CT molecular complexity index is 926. The van der Waals surface area contributed by atoms with Crippen molar-refractivity contribution >= 4 is 33.2 Å². The van der Waals surface area contributed by atoms with Crippen LogP contribution in [-0.4, -0.2) is 20.4 Å². The molecule has 2 aromatic carbocycles. The summed E-state index contributed by atoms with van der Waals surface area (Å²) < 4.78 is 28.2. The van der Waals surface area contributed by atoms with E-state index < -0.39 is 10.0 Å². The summed E-state index contributed by atoms with van der Waals surface area (Å²) in [5.74, 6) is -0.334. The van der Waals surface area contributed by atoms with Crippen molar-refractivity contribution in [2.45, 2.75) is 45.1 Å². The zero-order valence-corrected chi connectivity index (χ0v) is 16.8. The molecule has 0 spiro atoms. The number of carbonyl (C=O) groups excluding carboxylic acids is 1. The number of carbonyl (C=O) groups is 1. The van der Waals surface area contributed by atoms with E-state index >= 15 is 0 Å². The molecule has 0 aliphatic heterocycles. The van der Waals surface area contributed by atoms with Gasteiger partial charge in [-0.1, -0.05) is 30.7 Å². The predicted molar refractivity (Wildman–Crippen MR) is 105 cm³/mol. The highest BCUT2D eigenvalue weighted by atomic mass is 35.5. The Morgan fingerprint density at radius 3 is 2.50 bits per heavy atom. The van der Waals surface area contributed by atoms with Crippen LogP contribution in [-0.2, 0) is 10.0 Å². The van der Waals surface area contributed by atoms with Gasteiger partial charge in [0.25, 0.3) is 15.9 Å². The van der Waals surface area contributed by atoms with Gasteiger partial charge in [0.2, 0.25) is 0 Å². The van der Waals surface area contributed by atoms with Crippen molar-refractivity contribution in [1.82, 2.24) is 5.32 Å². The maximum absolute atomic E-state index is 12.8. The van der Waals surface area contributed by atoms with E-state index in [0.717, 1.165) is 17.5 Å². The molecule has 0 saturated carbocycles. The molecule has 0 bridgehead atoms. The van der Waals surface area contributed by atoms with Gasteiger partial charge in [0.15, 0.2) is 0 Å². The highest BCUT2D eigenvalue weighted by Crippen LogP contribution is 2.27. The average Bonchev–Trinajstić information content (AvgIpc) is 2.57. The first-order valence-corrected chi connectivity index (χ1v) is 10.2. The summed E-state index contributed by atoms with van der Waals surface area (Å²) in [6, 6.07) is 9.71. The van der Waals surface area contributed by atoms with E-state index in [2.05, 4.69) is 10.0 Å². The van der Waals surface area contributed by atoms with Crippen molar-refractivity contribution in [1.29, 1.82) is 0 Å². The number of nitrogens with one attached hydrogen (secondary N) is 2. The fourth-order valence-electron chi connectivity index (χ4n) is 2.31. The smallest absolute Gasteiger partial charge is 0.263 e. The maximum atomic E-state index is 12.8. The molecule has 2 aromatic rings. The molecule has 7 heteroatoms. The van der Waals surface area contributed by atoms with E-state index in [-0.39, 0.29) is 27.4 Å². The minimum atomic E-state index is -3.94. The summed E-state index contributed by atoms with van der Waals surface area (Å²) >= 11 is 6.10. The molecule has 0 unspecified atom stereocenters. The van der Waals surface area contributed by atoms with E-state index in [4.69, 9.17) is 11.6 Å². The van der Waals surface area contributed by atoms with Crippen LogP contribution in [0.4, 0.5) is 5.69 Å². The van der Waals surface area contributed by atoms with Gasteiger partial charge >= 0.3 is 0 Å². The van der Waals surface area contributed by atoms with Crippen molar-refractivity contribution in [3.05, 3.63) is 58.1 Å². The van der Waals surface area contributed by atoms with Crippen LogP contribution in [0.3, 0.4) is 0 Å². The van der Waals surface area contributed by atoms with Crippen LogP contribution in [0.25, 0.3) is 0 Å². The van der Waals surface area contributed by atoms with Crippen molar-refractivity contribution in [2.24, 2.45) is 0 Å². The lowest BCUT2D eigenvalue weighted by atomic mass is 10.1. The Balaban J connectivity index is 2.38. The van der Waals surface area contributed by atoms with Crippen LogP contribution in [0, 0.1) is 13.8 Å². The monoisotopic (exact) mass is 394 g/mol. The van der Waals surface area contributed by atoms with E-state index in [9.17, 15) is 13.2 Å². The Hall–Kier alpha value is -2.05. The third-order valence-corrected chi connectivity index (χ3v) is 5.96. The van der Waals surface area contributed by atoms with Gasteiger partial charge in [0.1, 0.15) is 4.90 Å². The van der Waals surface area contributed by atoms with E-state index in [0.29, 0.717) is 5.69 Å². The van der Waals surface area contributed by atoms with Gasteiger partial charge in [-0.05, 0) is 62.6 Å². The normalized spacial score (nSPS) is 12.5. The second kappa shape index (κ2) is 8.10. The SMILES string of the molecule is CC[C@@H](C)NC(=O)c1ccc(Cl)c(S(=O)(=O)Nc2cc(C)ccc2C)c1. The lowest BCUT2D eigenvalue weighted by Crippen LogP contribution is -2.32. The van der Waals surface area contributed by atoms with Gasteiger partial charge in [-0.2, -0.15) is 0 Å². The fraction of sp³-hybridized carbons (Fsp3) is 0.316. The average molecular weight is 395 g/mol. The first kappa shape index (κ1) is 20.3. The zero-order valence-electron chi connectivity index (χ0n) is 15.3. The van der Waals surface area contributed by atoms with Crippen LogP contribution >= 0.6 is 11.6 Å². The topological polar surface area (TPSA) is 75.3 Å².